The minimum atomic E-state index is -0.800. The number of rotatable bonds is 71. The molecule has 0 aromatic rings. The average molecular weight is 1120 g/mol. The number of carbonyl (C=O) groups is 1. The first-order valence-corrected chi connectivity index (χ1v) is 37.4. The van der Waals surface area contributed by atoms with E-state index in [2.05, 4.69) is 20.8 Å². The fourth-order valence-corrected chi connectivity index (χ4v) is 13.1. The maximum absolute atomic E-state index is 11.9. The van der Waals surface area contributed by atoms with Crippen molar-refractivity contribution in [3.8, 4) is 0 Å². The Morgan fingerprint density at radius 1 is 0.278 bits per heavy atom. The Morgan fingerprint density at radius 2 is 0.456 bits per heavy atom. The molecule has 0 heterocycles. The summed E-state index contributed by atoms with van der Waals surface area (Å²) in [5.74, 6) is -0.677. The first kappa shape index (κ1) is 78.4. The third kappa shape index (κ3) is 61.8. The van der Waals surface area contributed by atoms with Crippen molar-refractivity contribution in [3.63, 3.8) is 0 Å². The lowest BCUT2D eigenvalue weighted by Crippen LogP contribution is -2.28. The summed E-state index contributed by atoms with van der Waals surface area (Å²) >= 11 is 0. The highest BCUT2D eigenvalue weighted by Crippen LogP contribution is 2.25. The van der Waals surface area contributed by atoms with Gasteiger partial charge in [0.25, 0.3) is 0 Å². The Hall–Kier alpha value is -0.610. The van der Waals surface area contributed by atoms with Gasteiger partial charge in [-0.05, 0) is 31.6 Å². The molecule has 0 amide bonds. The Kier molecular flexibility index (Phi) is 67.6. The minimum absolute atomic E-state index is 0.466. The standard InChI is InChI=1S/C75H150O4/c1-5-7-9-11-13-15-17-19-21-23-24-33-36-40-44-48-52-56-60-64-68-72(75(77)78)73(76)69-65-61-57-53-49-45-41-37-34-31-29-27-25-26-28-30-32-35-38-42-46-50-54-58-62-66-70-74(79-4)71(3)67-63-59-55-51-47-43-39-22-20-18-16-14-12-10-8-6-2/h71-74,76H,5-70H2,1-4H3,(H,77,78). The van der Waals surface area contributed by atoms with Crippen molar-refractivity contribution in [1.82, 2.24) is 0 Å². The number of aliphatic hydroxyl groups is 1. The minimum Gasteiger partial charge on any atom is -0.481 e. The van der Waals surface area contributed by atoms with E-state index < -0.39 is 18.0 Å². The monoisotopic (exact) mass is 1120 g/mol. The molecular formula is C75H150O4. The molecule has 0 saturated carbocycles. The van der Waals surface area contributed by atoms with Crippen molar-refractivity contribution in [2.75, 3.05) is 7.11 Å². The number of methoxy groups -OCH3 is 1. The van der Waals surface area contributed by atoms with Crippen LogP contribution in [0.4, 0.5) is 0 Å². The molecule has 0 rings (SSSR count). The number of unbranched alkanes of at least 4 members (excludes halogenated alkanes) is 59. The highest BCUT2D eigenvalue weighted by molar-refractivity contribution is 5.70. The average Bonchev–Trinajstić information content (AvgIpc) is 3.44. The van der Waals surface area contributed by atoms with Gasteiger partial charge in [0.05, 0.1) is 18.1 Å². The van der Waals surface area contributed by atoms with Crippen LogP contribution in [0.3, 0.4) is 0 Å². The summed E-state index contributed by atoms with van der Waals surface area (Å²) in [6.45, 7) is 7.04. The van der Waals surface area contributed by atoms with Gasteiger partial charge in [-0.1, -0.05) is 419 Å². The highest BCUT2D eigenvalue weighted by Gasteiger charge is 2.25. The van der Waals surface area contributed by atoms with Gasteiger partial charge in [0.2, 0.25) is 0 Å². The molecule has 0 radical (unpaired) electrons. The SMILES string of the molecule is CCCCCCCCCCCCCCCCCCCCCCC(C(=O)O)C(O)CCCCCCCCCCCCCCCCCCCCCCCCCCCCC(OC)C(C)CCCCCCCCCCCCCCCCCC. The van der Waals surface area contributed by atoms with E-state index in [0.717, 1.165) is 25.7 Å². The van der Waals surface area contributed by atoms with Crippen molar-refractivity contribution in [2.24, 2.45) is 11.8 Å². The highest BCUT2D eigenvalue weighted by atomic mass is 16.5. The van der Waals surface area contributed by atoms with Gasteiger partial charge >= 0.3 is 5.97 Å². The van der Waals surface area contributed by atoms with Gasteiger partial charge in [-0.15, -0.1) is 0 Å². The predicted octanol–water partition coefficient (Wildman–Crippen LogP) is 26.5. The molecule has 0 aromatic carbocycles. The molecule has 4 nitrogen and oxygen atoms in total. The van der Waals surface area contributed by atoms with Crippen LogP contribution in [0, 0.1) is 11.8 Å². The van der Waals surface area contributed by atoms with Crippen LogP contribution in [0.1, 0.15) is 445 Å². The number of ether oxygens (including phenoxy) is 1. The molecule has 0 saturated heterocycles. The molecule has 0 aromatic heterocycles. The van der Waals surface area contributed by atoms with Crippen molar-refractivity contribution in [2.45, 2.75) is 457 Å². The van der Waals surface area contributed by atoms with Crippen LogP contribution in [0.15, 0.2) is 0 Å². The second-order valence-corrected chi connectivity index (χ2v) is 26.6. The number of aliphatic carboxylic acids is 1. The van der Waals surface area contributed by atoms with Crippen molar-refractivity contribution in [1.29, 1.82) is 0 Å². The van der Waals surface area contributed by atoms with E-state index >= 15 is 0 Å². The van der Waals surface area contributed by atoms with Crippen molar-refractivity contribution >= 4 is 5.97 Å². The van der Waals surface area contributed by atoms with Crippen LogP contribution in [0.2, 0.25) is 0 Å². The maximum Gasteiger partial charge on any atom is 0.309 e. The van der Waals surface area contributed by atoms with Gasteiger partial charge in [-0.3, -0.25) is 4.79 Å². The van der Waals surface area contributed by atoms with Crippen LogP contribution in [-0.2, 0) is 9.53 Å². The molecule has 0 aliphatic rings. The Balaban J connectivity index is 3.42. The number of hydrogen-bond acceptors (Lipinski definition) is 3. The zero-order chi connectivity index (χ0) is 57.3. The molecule has 474 valence electrons. The summed E-state index contributed by atoms with van der Waals surface area (Å²) in [6.07, 6.45) is 89.8. The summed E-state index contributed by atoms with van der Waals surface area (Å²) in [5, 5.41) is 20.5. The van der Waals surface area contributed by atoms with E-state index in [4.69, 9.17) is 4.74 Å². The van der Waals surface area contributed by atoms with Crippen molar-refractivity contribution in [3.05, 3.63) is 0 Å². The summed E-state index contributed by atoms with van der Waals surface area (Å²) in [5.41, 5.74) is 0. The molecule has 4 heteroatoms. The topological polar surface area (TPSA) is 66.8 Å². The van der Waals surface area contributed by atoms with Gasteiger partial charge in [-0.25, -0.2) is 0 Å². The van der Waals surface area contributed by atoms with Gasteiger partial charge in [-0.2, -0.15) is 0 Å². The Labute approximate surface area is 499 Å². The Morgan fingerprint density at radius 3 is 0.658 bits per heavy atom. The molecule has 0 aliphatic heterocycles. The summed E-state index contributed by atoms with van der Waals surface area (Å²) in [4.78, 5) is 11.9. The summed E-state index contributed by atoms with van der Waals surface area (Å²) in [6, 6.07) is 0. The lowest BCUT2D eigenvalue weighted by atomic mass is 9.91. The van der Waals surface area contributed by atoms with E-state index in [1.54, 1.807) is 0 Å². The summed E-state index contributed by atoms with van der Waals surface area (Å²) < 4.78 is 5.97. The predicted molar refractivity (Wildman–Crippen MR) is 353 cm³/mol. The first-order valence-electron chi connectivity index (χ1n) is 37.4. The van der Waals surface area contributed by atoms with Crippen LogP contribution < -0.4 is 0 Å². The zero-order valence-corrected chi connectivity index (χ0v) is 55.2. The van der Waals surface area contributed by atoms with Gasteiger partial charge in [0.1, 0.15) is 0 Å². The van der Waals surface area contributed by atoms with E-state index in [1.807, 2.05) is 7.11 Å². The third-order valence-corrected chi connectivity index (χ3v) is 18.8. The van der Waals surface area contributed by atoms with Crippen molar-refractivity contribution < 1.29 is 19.7 Å². The smallest absolute Gasteiger partial charge is 0.309 e. The molecule has 4 atom stereocenters. The van der Waals surface area contributed by atoms with Gasteiger partial charge in [0.15, 0.2) is 0 Å². The van der Waals surface area contributed by atoms with Gasteiger partial charge in [0, 0.05) is 7.11 Å². The van der Waals surface area contributed by atoms with E-state index in [9.17, 15) is 15.0 Å². The number of hydrogen-bond donors (Lipinski definition) is 2. The normalized spacial score (nSPS) is 13.4. The molecule has 0 aliphatic carbocycles. The quantitative estimate of drug-likeness (QED) is 0.0596. The summed E-state index contributed by atoms with van der Waals surface area (Å²) in [7, 11) is 1.95. The second-order valence-electron chi connectivity index (χ2n) is 26.6. The maximum atomic E-state index is 11.9. The largest absolute Gasteiger partial charge is 0.481 e. The van der Waals surface area contributed by atoms with Gasteiger partial charge < -0.3 is 14.9 Å². The third-order valence-electron chi connectivity index (χ3n) is 18.8. The lowest BCUT2D eigenvalue weighted by molar-refractivity contribution is -0.146. The van der Waals surface area contributed by atoms with E-state index in [0.29, 0.717) is 24.9 Å². The van der Waals surface area contributed by atoms with E-state index in [-0.39, 0.29) is 0 Å². The first-order chi connectivity index (χ1) is 39.0. The van der Waals surface area contributed by atoms with Crippen LogP contribution in [0.5, 0.6) is 0 Å². The van der Waals surface area contributed by atoms with Crippen LogP contribution in [0.25, 0.3) is 0 Å². The molecule has 2 N–H and O–H groups in total. The number of carboxylic acid groups (broad SMARTS) is 1. The Bertz CT molecular complexity index is 1110. The van der Waals surface area contributed by atoms with E-state index in [1.165, 1.54) is 385 Å². The molecule has 4 unspecified atom stereocenters. The fourth-order valence-electron chi connectivity index (χ4n) is 13.1. The lowest BCUT2D eigenvalue weighted by Gasteiger charge is -2.22. The van der Waals surface area contributed by atoms with Crippen LogP contribution >= 0.6 is 0 Å². The zero-order valence-electron chi connectivity index (χ0n) is 55.2. The molecule has 0 spiro atoms. The van der Waals surface area contributed by atoms with Crippen LogP contribution in [-0.4, -0.2) is 35.5 Å². The molecule has 0 fully saturated rings. The number of aliphatic hydroxyl groups excluding tert-OH is 1. The number of carboxylic acids is 1. The molecule has 79 heavy (non-hydrogen) atoms. The second kappa shape index (κ2) is 68.2. The fraction of sp³-hybridized carbons (Fsp3) is 0.987. The molecule has 0 bridgehead atoms. The molecular weight excluding hydrogens is 965 g/mol.